The van der Waals surface area contributed by atoms with Gasteiger partial charge in [0.1, 0.15) is 13.2 Å². The molecule has 6 nitrogen and oxygen atoms in total. The van der Waals surface area contributed by atoms with Gasteiger partial charge in [0.05, 0.1) is 19.8 Å². The molecule has 0 bridgehead atoms. The van der Waals surface area contributed by atoms with Crippen molar-refractivity contribution in [2.24, 2.45) is 0 Å². The highest BCUT2D eigenvalue weighted by molar-refractivity contribution is 5.70. The van der Waals surface area contributed by atoms with E-state index >= 15 is 0 Å². The van der Waals surface area contributed by atoms with Crippen LogP contribution in [-0.2, 0) is 25.6 Å². The van der Waals surface area contributed by atoms with Gasteiger partial charge in [-0.05, 0) is 18.4 Å². The summed E-state index contributed by atoms with van der Waals surface area (Å²) in [5, 5.41) is 0. The summed E-state index contributed by atoms with van der Waals surface area (Å²) < 4.78 is 15.1. The number of ether oxygens (including phenoxy) is 3. The highest BCUT2D eigenvalue weighted by Crippen LogP contribution is 2.19. The summed E-state index contributed by atoms with van der Waals surface area (Å²) in [6.07, 6.45) is 1.42. The molecule has 1 saturated heterocycles. The Bertz CT molecular complexity index is 491. The fourth-order valence-corrected chi connectivity index (χ4v) is 2.39. The largest absolute Gasteiger partial charge is 0.467 e. The molecule has 0 radical (unpaired) electrons. The van der Waals surface area contributed by atoms with E-state index in [0.29, 0.717) is 13.2 Å². The first-order valence-corrected chi connectivity index (χ1v) is 7.32. The number of amides is 1. The molecule has 6 heteroatoms. The number of esters is 1. The summed E-state index contributed by atoms with van der Waals surface area (Å²) in [4.78, 5) is 24.8. The lowest BCUT2D eigenvalue weighted by Crippen LogP contribution is -2.39. The van der Waals surface area contributed by atoms with Crippen LogP contribution >= 0.6 is 0 Å². The van der Waals surface area contributed by atoms with Crippen molar-refractivity contribution in [2.75, 3.05) is 26.9 Å². The minimum Gasteiger partial charge on any atom is -0.467 e. The summed E-state index contributed by atoms with van der Waals surface area (Å²) in [6, 6.07) is 9.50. The van der Waals surface area contributed by atoms with Gasteiger partial charge in [0.2, 0.25) is 0 Å². The van der Waals surface area contributed by atoms with Crippen molar-refractivity contribution in [3.8, 4) is 0 Å². The topological polar surface area (TPSA) is 65.1 Å². The van der Waals surface area contributed by atoms with Gasteiger partial charge in [-0.15, -0.1) is 0 Å². The maximum Gasteiger partial charge on any atom is 0.410 e. The Morgan fingerprint density at radius 1 is 1.27 bits per heavy atom. The minimum atomic E-state index is -0.420. The van der Waals surface area contributed by atoms with Crippen LogP contribution in [0.5, 0.6) is 0 Å². The Kier molecular flexibility index (Phi) is 6.21. The van der Waals surface area contributed by atoms with Crippen LogP contribution in [-0.4, -0.2) is 49.9 Å². The predicted octanol–water partition coefficient (Wildman–Crippen LogP) is 1.98. The molecule has 1 amide bonds. The van der Waals surface area contributed by atoms with Gasteiger partial charge in [-0.25, -0.2) is 9.59 Å². The number of hydrogen-bond acceptors (Lipinski definition) is 5. The number of carbonyl (C=O) groups is 2. The fraction of sp³-hybridized carbons (Fsp3) is 0.500. The number of likely N-dealkylation sites (tertiary alicyclic amines) is 1. The lowest BCUT2D eigenvalue weighted by atomic mass is 10.2. The van der Waals surface area contributed by atoms with Gasteiger partial charge < -0.3 is 19.1 Å². The molecule has 0 aliphatic carbocycles. The number of carbonyl (C=O) groups excluding carboxylic acids is 2. The molecule has 1 aromatic carbocycles. The van der Waals surface area contributed by atoms with Gasteiger partial charge >= 0.3 is 12.1 Å². The van der Waals surface area contributed by atoms with Crippen LogP contribution in [0.4, 0.5) is 4.79 Å². The van der Waals surface area contributed by atoms with Crippen molar-refractivity contribution >= 4 is 12.1 Å². The Hall–Kier alpha value is -2.08. The van der Waals surface area contributed by atoms with E-state index in [1.54, 1.807) is 4.90 Å². The lowest BCUT2D eigenvalue weighted by Gasteiger charge is -2.23. The van der Waals surface area contributed by atoms with E-state index < -0.39 is 5.97 Å². The maximum absolute atomic E-state index is 12.1. The van der Waals surface area contributed by atoms with E-state index in [2.05, 4.69) is 4.74 Å². The molecule has 1 atom stereocenters. The normalized spacial score (nSPS) is 17.3. The van der Waals surface area contributed by atoms with Crippen molar-refractivity contribution in [1.82, 2.24) is 4.90 Å². The van der Waals surface area contributed by atoms with Gasteiger partial charge in [0, 0.05) is 6.54 Å². The molecule has 0 spiro atoms. The second-order valence-electron chi connectivity index (χ2n) is 5.12. The molecular formula is C16H21NO5. The highest BCUT2D eigenvalue weighted by Gasteiger charge is 2.30. The Balaban J connectivity index is 1.76. The third-order valence-electron chi connectivity index (χ3n) is 3.57. The van der Waals surface area contributed by atoms with Crippen molar-refractivity contribution in [1.29, 1.82) is 0 Å². The van der Waals surface area contributed by atoms with Crippen molar-refractivity contribution in [2.45, 2.75) is 25.5 Å². The number of hydrogen-bond donors (Lipinski definition) is 0. The molecular weight excluding hydrogens is 286 g/mol. The van der Waals surface area contributed by atoms with Gasteiger partial charge in [-0.2, -0.15) is 0 Å². The summed E-state index contributed by atoms with van der Waals surface area (Å²) in [7, 11) is 1.31. The number of benzene rings is 1. The molecule has 120 valence electrons. The molecule has 1 heterocycles. The zero-order valence-electron chi connectivity index (χ0n) is 12.7. The average molecular weight is 307 g/mol. The van der Waals surface area contributed by atoms with E-state index in [1.165, 1.54) is 7.11 Å². The Morgan fingerprint density at radius 2 is 2.05 bits per heavy atom. The van der Waals surface area contributed by atoms with E-state index in [1.807, 2.05) is 30.3 Å². The van der Waals surface area contributed by atoms with E-state index in [9.17, 15) is 9.59 Å². The molecule has 1 aromatic rings. The second kappa shape index (κ2) is 8.38. The summed E-state index contributed by atoms with van der Waals surface area (Å²) in [5.74, 6) is -0.420. The molecule has 22 heavy (non-hydrogen) atoms. The van der Waals surface area contributed by atoms with Crippen LogP contribution in [0.1, 0.15) is 18.4 Å². The van der Waals surface area contributed by atoms with E-state index in [4.69, 9.17) is 9.47 Å². The smallest absolute Gasteiger partial charge is 0.410 e. The SMILES string of the molecule is COC(=O)COC[C@@H]1CCCN1C(=O)OCc1ccccc1. The van der Waals surface area contributed by atoms with E-state index in [0.717, 1.165) is 18.4 Å². The predicted molar refractivity (Wildman–Crippen MR) is 79.2 cm³/mol. The molecule has 2 rings (SSSR count). The summed E-state index contributed by atoms with van der Waals surface area (Å²) >= 11 is 0. The summed E-state index contributed by atoms with van der Waals surface area (Å²) in [5.41, 5.74) is 0.952. The highest BCUT2D eigenvalue weighted by atomic mass is 16.6. The van der Waals surface area contributed by atoms with Crippen molar-refractivity contribution in [3.05, 3.63) is 35.9 Å². The number of methoxy groups -OCH3 is 1. The van der Waals surface area contributed by atoms with Crippen LogP contribution in [0.25, 0.3) is 0 Å². The molecule has 0 aromatic heterocycles. The van der Waals surface area contributed by atoms with Gasteiger partial charge in [0.15, 0.2) is 0 Å². The standard InChI is InChI=1S/C16H21NO5/c1-20-15(18)12-21-11-14-8-5-9-17(14)16(19)22-10-13-6-3-2-4-7-13/h2-4,6-7,14H,5,8-12H2,1H3/t14-/m0/s1. The Morgan fingerprint density at radius 3 is 2.77 bits per heavy atom. The van der Waals surface area contributed by atoms with Gasteiger partial charge in [-0.3, -0.25) is 0 Å². The van der Waals surface area contributed by atoms with Crippen molar-refractivity contribution in [3.63, 3.8) is 0 Å². The zero-order chi connectivity index (χ0) is 15.8. The monoisotopic (exact) mass is 307 g/mol. The number of nitrogens with zero attached hydrogens (tertiary/aromatic N) is 1. The fourth-order valence-electron chi connectivity index (χ4n) is 2.39. The summed E-state index contributed by atoms with van der Waals surface area (Å²) in [6.45, 7) is 1.13. The van der Waals surface area contributed by atoms with Crippen LogP contribution in [0, 0.1) is 0 Å². The second-order valence-corrected chi connectivity index (χ2v) is 5.12. The van der Waals surface area contributed by atoms with Crippen molar-refractivity contribution < 1.29 is 23.8 Å². The first kappa shape index (κ1) is 16.3. The van der Waals surface area contributed by atoms with Crippen LogP contribution in [0.3, 0.4) is 0 Å². The Labute approximate surface area is 129 Å². The lowest BCUT2D eigenvalue weighted by molar-refractivity contribution is -0.146. The zero-order valence-corrected chi connectivity index (χ0v) is 12.7. The van der Waals surface area contributed by atoms with Gasteiger partial charge in [0.25, 0.3) is 0 Å². The molecule has 1 aliphatic rings. The average Bonchev–Trinajstić information content (AvgIpc) is 3.02. The van der Waals surface area contributed by atoms with Gasteiger partial charge in [-0.1, -0.05) is 30.3 Å². The van der Waals surface area contributed by atoms with Crippen LogP contribution < -0.4 is 0 Å². The third-order valence-corrected chi connectivity index (χ3v) is 3.57. The molecule has 0 N–H and O–H groups in total. The molecule has 1 aliphatic heterocycles. The molecule has 1 fully saturated rings. The maximum atomic E-state index is 12.1. The minimum absolute atomic E-state index is 0.0482. The van der Waals surface area contributed by atoms with E-state index in [-0.39, 0.29) is 25.3 Å². The quantitative estimate of drug-likeness (QED) is 0.752. The first-order valence-electron chi connectivity index (χ1n) is 7.32. The third kappa shape index (κ3) is 4.73. The first-order chi connectivity index (χ1) is 10.7. The number of rotatable bonds is 6. The van der Waals surface area contributed by atoms with Crippen LogP contribution in [0.15, 0.2) is 30.3 Å². The van der Waals surface area contributed by atoms with Crippen LogP contribution in [0.2, 0.25) is 0 Å². The molecule has 0 saturated carbocycles. The molecule has 0 unspecified atom stereocenters.